The highest BCUT2D eigenvalue weighted by molar-refractivity contribution is 6.01. The number of rotatable bonds is 5. The third-order valence-corrected chi connectivity index (χ3v) is 4.12. The molecule has 2 aromatic heterocycles. The lowest BCUT2D eigenvalue weighted by molar-refractivity contribution is 0.0991. The average molecular weight is 369 g/mol. The number of hydrogen-bond acceptors (Lipinski definition) is 5. The molecule has 0 aliphatic rings. The van der Waals surface area contributed by atoms with Gasteiger partial charge in [-0.05, 0) is 30.7 Å². The van der Waals surface area contributed by atoms with E-state index in [2.05, 4.69) is 5.32 Å². The van der Waals surface area contributed by atoms with Crippen molar-refractivity contribution in [1.82, 2.24) is 9.13 Å². The minimum Gasteiger partial charge on any atom is -0.485 e. The minimum atomic E-state index is -0.569. The van der Waals surface area contributed by atoms with Crippen LogP contribution in [0.3, 0.4) is 0 Å². The smallest absolute Gasteiger partial charge is 0.332 e. The predicted molar refractivity (Wildman–Crippen MR) is 99.1 cm³/mol. The van der Waals surface area contributed by atoms with Gasteiger partial charge in [0.15, 0.2) is 5.76 Å². The Morgan fingerprint density at radius 1 is 1.11 bits per heavy atom. The van der Waals surface area contributed by atoms with Gasteiger partial charge in [0.25, 0.3) is 11.5 Å². The Labute approximate surface area is 154 Å². The van der Waals surface area contributed by atoms with Crippen LogP contribution in [0, 0.1) is 6.92 Å². The topological polar surface area (TPSA) is 95.5 Å². The van der Waals surface area contributed by atoms with E-state index in [1.165, 1.54) is 30.8 Å². The van der Waals surface area contributed by atoms with Crippen molar-refractivity contribution in [2.24, 2.45) is 14.1 Å². The van der Waals surface area contributed by atoms with Gasteiger partial charge in [0.1, 0.15) is 23.9 Å². The van der Waals surface area contributed by atoms with Crippen molar-refractivity contribution in [3.8, 4) is 5.75 Å². The third-order valence-electron chi connectivity index (χ3n) is 4.12. The van der Waals surface area contributed by atoms with Crippen LogP contribution in [-0.4, -0.2) is 15.0 Å². The summed E-state index contributed by atoms with van der Waals surface area (Å²) in [6.45, 7) is 2.10. The molecular weight excluding hydrogens is 350 g/mol. The van der Waals surface area contributed by atoms with E-state index >= 15 is 0 Å². The Morgan fingerprint density at radius 2 is 1.85 bits per heavy atom. The number of benzene rings is 1. The number of amides is 1. The standard InChI is InChI=1S/C19H19N3O5/c1-12-6-4-5-7-14(12)26-11-13-8-9-15(27-13)18(24)20-16-10-17(23)22(3)19(25)21(16)2/h4-10H,11H2,1-3H3,(H,20,24). The van der Waals surface area contributed by atoms with Crippen LogP contribution in [0.4, 0.5) is 5.82 Å². The second-order valence-electron chi connectivity index (χ2n) is 6.04. The zero-order valence-corrected chi connectivity index (χ0v) is 15.2. The summed E-state index contributed by atoms with van der Waals surface area (Å²) in [6, 6.07) is 11.9. The van der Waals surface area contributed by atoms with Crippen molar-refractivity contribution in [2.45, 2.75) is 13.5 Å². The number of ether oxygens (including phenoxy) is 1. The highest BCUT2D eigenvalue weighted by atomic mass is 16.5. The number of hydrogen-bond donors (Lipinski definition) is 1. The van der Waals surface area contributed by atoms with E-state index in [1.54, 1.807) is 6.07 Å². The molecule has 0 saturated heterocycles. The van der Waals surface area contributed by atoms with Crippen molar-refractivity contribution < 1.29 is 13.9 Å². The summed E-state index contributed by atoms with van der Waals surface area (Å²) in [5, 5.41) is 2.51. The number of carbonyl (C=O) groups is 1. The first kappa shape index (κ1) is 18.2. The van der Waals surface area contributed by atoms with Crippen LogP contribution >= 0.6 is 0 Å². The fraction of sp³-hybridized carbons (Fsp3) is 0.211. The molecule has 0 aliphatic carbocycles. The number of anilines is 1. The second kappa shape index (κ2) is 7.36. The van der Waals surface area contributed by atoms with E-state index < -0.39 is 17.2 Å². The van der Waals surface area contributed by atoms with Crippen LogP contribution in [0.25, 0.3) is 0 Å². The Balaban J connectivity index is 1.71. The van der Waals surface area contributed by atoms with Crippen molar-refractivity contribution in [2.75, 3.05) is 5.32 Å². The first-order chi connectivity index (χ1) is 12.9. The van der Waals surface area contributed by atoms with Crippen LogP contribution < -0.4 is 21.3 Å². The monoisotopic (exact) mass is 369 g/mol. The molecule has 0 radical (unpaired) electrons. The van der Waals surface area contributed by atoms with Crippen LogP contribution in [0.5, 0.6) is 5.75 Å². The lowest BCUT2D eigenvalue weighted by Crippen LogP contribution is -2.38. The molecule has 0 bridgehead atoms. The molecule has 0 fully saturated rings. The lowest BCUT2D eigenvalue weighted by Gasteiger charge is -2.09. The van der Waals surface area contributed by atoms with Gasteiger partial charge in [-0.25, -0.2) is 4.79 Å². The molecule has 2 heterocycles. The van der Waals surface area contributed by atoms with Gasteiger partial charge in [-0.3, -0.25) is 18.7 Å². The summed E-state index contributed by atoms with van der Waals surface area (Å²) in [5.41, 5.74) is -0.0571. The van der Waals surface area contributed by atoms with E-state index in [0.717, 1.165) is 15.9 Å². The van der Waals surface area contributed by atoms with Gasteiger partial charge in [0.2, 0.25) is 0 Å². The first-order valence-electron chi connectivity index (χ1n) is 8.22. The molecule has 1 N–H and O–H groups in total. The Kier molecular flexibility index (Phi) is 4.98. The summed E-state index contributed by atoms with van der Waals surface area (Å²) < 4.78 is 13.3. The van der Waals surface area contributed by atoms with Crippen molar-refractivity contribution in [3.05, 3.63) is 80.4 Å². The maximum absolute atomic E-state index is 12.3. The Morgan fingerprint density at radius 3 is 2.59 bits per heavy atom. The summed E-state index contributed by atoms with van der Waals surface area (Å²) in [6.07, 6.45) is 0. The zero-order valence-electron chi connectivity index (χ0n) is 15.2. The number of carbonyl (C=O) groups excluding carboxylic acids is 1. The van der Waals surface area contributed by atoms with E-state index in [4.69, 9.17) is 9.15 Å². The molecule has 3 aromatic rings. The highest BCUT2D eigenvalue weighted by Gasteiger charge is 2.15. The molecule has 140 valence electrons. The largest absolute Gasteiger partial charge is 0.485 e. The molecule has 0 spiro atoms. The fourth-order valence-corrected chi connectivity index (χ4v) is 2.48. The number of furan rings is 1. The molecule has 8 nitrogen and oxygen atoms in total. The number of nitrogens with one attached hydrogen (secondary N) is 1. The van der Waals surface area contributed by atoms with Gasteiger partial charge in [0, 0.05) is 20.2 Å². The van der Waals surface area contributed by atoms with Gasteiger partial charge < -0.3 is 14.5 Å². The average Bonchev–Trinajstić information content (AvgIpc) is 3.13. The Hall–Kier alpha value is -3.55. The molecular formula is C19H19N3O5. The van der Waals surface area contributed by atoms with Crippen molar-refractivity contribution >= 4 is 11.7 Å². The van der Waals surface area contributed by atoms with Crippen LogP contribution in [0.15, 0.2) is 56.5 Å². The fourth-order valence-electron chi connectivity index (χ4n) is 2.48. The molecule has 0 aliphatic heterocycles. The molecule has 27 heavy (non-hydrogen) atoms. The minimum absolute atomic E-state index is 0.0477. The zero-order chi connectivity index (χ0) is 19.6. The Bertz CT molecular complexity index is 1110. The van der Waals surface area contributed by atoms with Gasteiger partial charge in [-0.15, -0.1) is 0 Å². The SMILES string of the molecule is Cc1ccccc1OCc1ccc(C(=O)Nc2cc(=O)n(C)c(=O)n2C)o1. The van der Waals surface area contributed by atoms with E-state index in [0.29, 0.717) is 5.76 Å². The maximum Gasteiger partial charge on any atom is 0.332 e. The maximum atomic E-state index is 12.3. The lowest BCUT2D eigenvalue weighted by atomic mass is 10.2. The molecule has 0 atom stereocenters. The molecule has 8 heteroatoms. The van der Waals surface area contributed by atoms with Crippen LogP contribution in [0.1, 0.15) is 21.9 Å². The number of para-hydroxylation sites is 1. The summed E-state index contributed by atoms with van der Waals surface area (Å²) >= 11 is 0. The summed E-state index contributed by atoms with van der Waals surface area (Å²) in [5.74, 6) is 0.769. The van der Waals surface area contributed by atoms with Crippen LogP contribution in [0.2, 0.25) is 0 Å². The van der Waals surface area contributed by atoms with Gasteiger partial charge in [-0.1, -0.05) is 18.2 Å². The van der Waals surface area contributed by atoms with E-state index in [1.807, 2.05) is 31.2 Å². The van der Waals surface area contributed by atoms with Gasteiger partial charge in [-0.2, -0.15) is 0 Å². The quantitative estimate of drug-likeness (QED) is 0.740. The summed E-state index contributed by atoms with van der Waals surface area (Å²) in [4.78, 5) is 36.0. The second-order valence-corrected chi connectivity index (χ2v) is 6.04. The van der Waals surface area contributed by atoms with Gasteiger partial charge >= 0.3 is 5.69 Å². The third kappa shape index (κ3) is 3.84. The van der Waals surface area contributed by atoms with Gasteiger partial charge in [0.05, 0.1) is 0 Å². The number of aromatic nitrogens is 2. The first-order valence-corrected chi connectivity index (χ1v) is 8.22. The summed E-state index contributed by atoms with van der Waals surface area (Å²) in [7, 11) is 2.82. The van der Waals surface area contributed by atoms with E-state index in [9.17, 15) is 14.4 Å². The number of aryl methyl sites for hydroxylation is 1. The van der Waals surface area contributed by atoms with Crippen molar-refractivity contribution in [3.63, 3.8) is 0 Å². The normalized spacial score (nSPS) is 10.6. The van der Waals surface area contributed by atoms with Crippen LogP contribution in [-0.2, 0) is 20.7 Å². The predicted octanol–water partition coefficient (Wildman–Crippen LogP) is 1.82. The molecule has 1 amide bonds. The molecule has 0 unspecified atom stereocenters. The molecule has 1 aromatic carbocycles. The molecule has 3 rings (SSSR count). The molecule has 0 saturated carbocycles. The van der Waals surface area contributed by atoms with Crippen molar-refractivity contribution in [1.29, 1.82) is 0 Å². The van der Waals surface area contributed by atoms with E-state index in [-0.39, 0.29) is 18.2 Å². The highest BCUT2D eigenvalue weighted by Crippen LogP contribution is 2.19. The number of nitrogens with zero attached hydrogens (tertiary/aromatic N) is 2.